The molecule has 0 atom stereocenters. The van der Waals surface area contributed by atoms with Gasteiger partial charge < -0.3 is 15.8 Å². The molecule has 1 aromatic rings. The Morgan fingerprint density at radius 2 is 2.32 bits per heavy atom. The summed E-state index contributed by atoms with van der Waals surface area (Å²) in [4.78, 5) is 15.8. The predicted octanol–water partition coefficient (Wildman–Crippen LogP) is 1.12. The highest BCUT2D eigenvalue weighted by molar-refractivity contribution is 5.94. The van der Waals surface area contributed by atoms with Crippen molar-refractivity contribution in [2.24, 2.45) is 11.7 Å². The van der Waals surface area contributed by atoms with Crippen LogP contribution in [-0.2, 0) is 11.3 Å². The monoisotopic (exact) mass is 285 g/mol. The summed E-state index contributed by atoms with van der Waals surface area (Å²) in [6.07, 6.45) is 4.16. The average Bonchev–Trinajstić information content (AvgIpc) is 3.22. The third-order valence-electron chi connectivity index (χ3n) is 2.87. The van der Waals surface area contributed by atoms with Crippen LogP contribution in [0.4, 0.5) is 0 Å². The molecule has 0 aromatic carbocycles. The van der Waals surface area contributed by atoms with Gasteiger partial charge in [-0.05, 0) is 30.9 Å². The first-order valence-corrected chi connectivity index (χ1v) is 6.30. The fourth-order valence-corrected chi connectivity index (χ4v) is 1.60. The van der Waals surface area contributed by atoms with E-state index in [-0.39, 0.29) is 18.3 Å². The largest absolute Gasteiger partial charge is 0.379 e. The van der Waals surface area contributed by atoms with Gasteiger partial charge in [0, 0.05) is 31.5 Å². The van der Waals surface area contributed by atoms with E-state index >= 15 is 0 Å². The number of rotatable bonds is 7. The first kappa shape index (κ1) is 15.9. The third kappa shape index (κ3) is 5.55. The second-order valence-corrected chi connectivity index (χ2v) is 4.51. The van der Waals surface area contributed by atoms with Crippen molar-refractivity contribution in [3.8, 4) is 0 Å². The molecule has 3 N–H and O–H groups in total. The first-order chi connectivity index (χ1) is 8.79. The molecule has 106 valence electrons. The molecule has 0 bridgehead atoms. The molecule has 0 spiro atoms. The van der Waals surface area contributed by atoms with E-state index in [1.807, 2.05) is 0 Å². The molecule has 5 nitrogen and oxygen atoms in total. The van der Waals surface area contributed by atoms with E-state index in [9.17, 15) is 4.79 Å². The maximum atomic E-state index is 11.8. The summed E-state index contributed by atoms with van der Waals surface area (Å²) in [5.74, 6) is 0.648. The topological polar surface area (TPSA) is 77.2 Å². The second-order valence-electron chi connectivity index (χ2n) is 4.51. The maximum absolute atomic E-state index is 11.8. The van der Waals surface area contributed by atoms with Gasteiger partial charge in [0.25, 0.3) is 5.91 Å². The van der Waals surface area contributed by atoms with Crippen LogP contribution in [0.2, 0.25) is 0 Å². The lowest BCUT2D eigenvalue weighted by Gasteiger charge is -2.06. The van der Waals surface area contributed by atoms with Crippen LogP contribution < -0.4 is 11.1 Å². The second kappa shape index (κ2) is 8.09. The van der Waals surface area contributed by atoms with Gasteiger partial charge in [0.1, 0.15) is 0 Å². The molecule has 1 fully saturated rings. The van der Waals surface area contributed by atoms with Crippen molar-refractivity contribution in [3.05, 3.63) is 29.6 Å². The van der Waals surface area contributed by atoms with Gasteiger partial charge in [-0.15, -0.1) is 12.4 Å². The van der Waals surface area contributed by atoms with E-state index in [1.165, 1.54) is 12.8 Å². The van der Waals surface area contributed by atoms with Crippen molar-refractivity contribution in [3.63, 3.8) is 0 Å². The van der Waals surface area contributed by atoms with Gasteiger partial charge >= 0.3 is 0 Å². The quantitative estimate of drug-likeness (QED) is 0.736. The van der Waals surface area contributed by atoms with Crippen LogP contribution in [0.1, 0.15) is 28.9 Å². The van der Waals surface area contributed by atoms with Crippen LogP contribution in [0.25, 0.3) is 0 Å². The lowest BCUT2D eigenvalue weighted by Crippen LogP contribution is -2.27. The van der Waals surface area contributed by atoms with Gasteiger partial charge in [0.15, 0.2) is 0 Å². The number of aromatic nitrogens is 1. The molecule has 1 amide bonds. The van der Waals surface area contributed by atoms with E-state index in [0.717, 1.165) is 12.5 Å². The molecule has 1 aliphatic carbocycles. The molecule has 0 radical (unpaired) electrons. The number of pyridine rings is 1. The number of amides is 1. The maximum Gasteiger partial charge on any atom is 0.251 e. The van der Waals surface area contributed by atoms with Crippen LogP contribution in [0.5, 0.6) is 0 Å². The zero-order valence-electron chi connectivity index (χ0n) is 10.8. The van der Waals surface area contributed by atoms with E-state index in [0.29, 0.717) is 31.0 Å². The highest BCUT2D eigenvalue weighted by atomic mass is 35.5. The summed E-state index contributed by atoms with van der Waals surface area (Å²) in [5, 5.41) is 2.81. The standard InChI is InChI=1S/C13H19N3O2.ClH/c14-8-12-7-11(3-4-15-12)13(17)16-5-6-18-9-10-1-2-10;/h3-4,7,10H,1-2,5-6,8-9,14H2,(H,16,17);1H. The molecule has 1 heterocycles. The summed E-state index contributed by atoms with van der Waals surface area (Å²) in [6, 6.07) is 3.39. The third-order valence-corrected chi connectivity index (χ3v) is 2.87. The summed E-state index contributed by atoms with van der Waals surface area (Å²) < 4.78 is 5.44. The highest BCUT2D eigenvalue weighted by Gasteiger charge is 2.20. The van der Waals surface area contributed by atoms with Crippen LogP contribution in [0, 0.1) is 5.92 Å². The van der Waals surface area contributed by atoms with E-state index in [2.05, 4.69) is 10.3 Å². The van der Waals surface area contributed by atoms with E-state index in [4.69, 9.17) is 10.5 Å². The van der Waals surface area contributed by atoms with Gasteiger partial charge in [-0.1, -0.05) is 0 Å². The van der Waals surface area contributed by atoms with E-state index < -0.39 is 0 Å². The van der Waals surface area contributed by atoms with Gasteiger partial charge in [-0.3, -0.25) is 9.78 Å². The number of nitrogens with zero attached hydrogens (tertiary/aromatic N) is 1. The smallest absolute Gasteiger partial charge is 0.251 e. The number of carbonyl (C=O) groups is 1. The molecule has 1 saturated carbocycles. The van der Waals surface area contributed by atoms with Crippen molar-refractivity contribution >= 4 is 18.3 Å². The van der Waals surface area contributed by atoms with Crippen LogP contribution in [0.15, 0.2) is 18.3 Å². The molecule has 1 aromatic heterocycles. The molecule has 0 unspecified atom stereocenters. The average molecular weight is 286 g/mol. The fourth-order valence-electron chi connectivity index (χ4n) is 1.60. The zero-order valence-corrected chi connectivity index (χ0v) is 11.6. The van der Waals surface area contributed by atoms with Gasteiger partial charge in [-0.2, -0.15) is 0 Å². The van der Waals surface area contributed by atoms with Crippen LogP contribution in [-0.4, -0.2) is 30.6 Å². The number of hydrogen-bond donors (Lipinski definition) is 2. The minimum atomic E-state index is -0.109. The molecule has 6 heteroatoms. The number of halogens is 1. The van der Waals surface area contributed by atoms with Crippen molar-refractivity contribution in [2.75, 3.05) is 19.8 Å². The van der Waals surface area contributed by atoms with Crippen molar-refractivity contribution in [1.29, 1.82) is 0 Å². The number of nitrogens with one attached hydrogen (secondary N) is 1. The normalized spacial score (nSPS) is 13.7. The molecular weight excluding hydrogens is 266 g/mol. The molecule has 0 aliphatic heterocycles. The zero-order chi connectivity index (χ0) is 12.8. The molecule has 0 saturated heterocycles. The lowest BCUT2D eigenvalue weighted by atomic mass is 10.2. The Bertz CT molecular complexity index is 411. The number of ether oxygens (including phenoxy) is 1. The highest BCUT2D eigenvalue weighted by Crippen LogP contribution is 2.28. The SMILES string of the molecule is Cl.NCc1cc(C(=O)NCCOCC2CC2)ccn1. The fraction of sp³-hybridized carbons (Fsp3) is 0.538. The molecular formula is C13H20ClN3O2. The molecule has 2 rings (SSSR count). The van der Waals surface area contributed by atoms with Gasteiger partial charge in [0.05, 0.1) is 12.3 Å². The molecule has 1 aliphatic rings. The predicted molar refractivity (Wildman–Crippen MR) is 75.3 cm³/mol. The summed E-state index contributed by atoms with van der Waals surface area (Å²) >= 11 is 0. The summed E-state index contributed by atoms with van der Waals surface area (Å²) in [6.45, 7) is 2.26. The van der Waals surface area contributed by atoms with Crippen molar-refractivity contribution in [2.45, 2.75) is 19.4 Å². The van der Waals surface area contributed by atoms with Crippen LogP contribution in [0.3, 0.4) is 0 Å². The van der Waals surface area contributed by atoms with Crippen molar-refractivity contribution < 1.29 is 9.53 Å². The Morgan fingerprint density at radius 1 is 1.53 bits per heavy atom. The summed E-state index contributed by atoms with van der Waals surface area (Å²) in [7, 11) is 0. The Balaban J connectivity index is 0.00000180. The minimum Gasteiger partial charge on any atom is -0.379 e. The number of carbonyl (C=O) groups excluding carboxylic acids is 1. The Morgan fingerprint density at radius 3 is 3.00 bits per heavy atom. The van der Waals surface area contributed by atoms with Gasteiger partial charge in [0.2, 0.25) is 0 Å². The van der Waals surface area contributed by atoms with Gasteiger partial charge in [-0.25, -0.2) is 0 Å². The van der Waals surface area contributed by atoms with E-state index in [1.54, 1.807) is 18.3 Å². The molecule has 19 heavy (non-hydrogen) atoms. The summed E-state index contributed by atoms with van der Waals surface area (Å²) in [5.41, 5.74) is 6.78. The van der Waals surface area contributed by atoms with Crippen molar-refractivity contribution in [1.82, 2.24) is 10.3 Å². The number of nitrogens with two attached hydrogens (primary N) is 1. The Hall–Kier alpha value is -1.17. The lowest BCUT2D eigenvalue weighted by molar-refractivity contribution is 0.0906. The van der Waals surface area contributed by atoms with Crippen LogP contribution >= 0.6 is 12.4 Å². The Labute approximate surface area is 119 Å². The minimum absolute atomic E-state index is 0. The first-order valence-electron chi connectivity index (χ1n) is 6.30. The number of hydrogen-bond acceptors (Lipinski definition) is 4. The Kier molecular flexibility index (Phi) is 6.77.